The Hall–Kier alpha value is -5.08. The normalized spacial score (nSPS) is 21.4. The summed E-state index contributed by atoms with van der Waals surface area (Å²) in [7, 11) is 0. The lowest BCUT2D eigenvalue weighted by molar-refractivity contribution is 0.402. The number of nitrogens with zero attached hydrogens (tertiary/aromatic N) is 2. The van der Waals surface area contributed by atoms with Gasteiger partial charge in [-0.2, -0.15) is 0 Å². The summed E-state index contributed by atoms with van der Waals surface area (Å²) in [4.78, 5) is 5.46. The van der Waals surface area contributed by atoms with Crippen LogP contribution in [0, 0.1) is 6.92 Å². The number of hydrogen-bond donors (Lipinski definition) is 0. The van der Waals surface area contributed by atoms with Crippen molar-refractivity contribution in [3.8, 4) is 0 Å². The van der Waals surface area contributed by atoms with E-state index in [1.807, 2.05) is 0 Å². The fraction of sp³-hybridized carbons (Fsp3) is 0.455. The molecule has 352 valence electrons. The summed E-state index contributed by atoms with van der Waals surface area (Å²) in [6.07, 6.45) is 3.41. The quantitative estimate of drug-likeness (QED) is 0.174. The van der Waals surface area contributed by atoms with Gasteiger partial charge in [0.05, 0.1) is 22.7 Å². The molecule has 0 radical (unpaired) electrons. The van der Waals surface area contributed by atoms with E-state index in [1.165, 1.54) is 106 Å². The van der Waals surface area contributed by atoms with Crippen molar-refractivity contribution in [3.63, 3.8) is 0 Å². The van der Waals surface area contributed by atoms with Gasteiger partial charge in [0.2, 0.25) is 0 Å². The van der Waals surface area contributed by atoms with Crippen molar-refractivity contribution >= 4 is 34.1 Å². The van der Waals surface area contributed by atoms with E-state index >= 15 is 0 Å². The Balaban J connectivity index is 1.28. The third-order valence-electron chi connectivity index (χ3n) is 18.2. The molecule has 6 aromatic rings. The van der Waals surface area contributed by atoms with Gasteiger partial charge in [0, 0.05) is 28.3 Å². The lowest BCUT2D eigenvalue weighted by Crippen LogP contribution is -2.32. The van der Waals surface area contributed by atoms with Crippen LogP contribution in [0.3, 0.4) is 0 Å². The third kappa shape index (κ3) is 6.40. The van der Waals surface area contributed by atoms with Crippen molar-refractivity contribution < 1.29 is 0 Å². The molecule has 3 aliphatic carbocycles. The predicted octanol–water partition coefficient (Wildman–Crippen LogP) is 18.2. The summed E-state index contributed by atoms with van der Waals surface area (Å²) in [5.41, 5.74) is 26.6. The van der Waals surface area contributed by atoms with Crippen LogP contribution in [0.15, 0.2) is 103 Å². The van der Waals surface area contributed by atoms with Crippen molar-refractivity contribution in [2.45, 2.75) is 193 Å². The summed E-state index contributed by atoms with van der Waals surface area (Å²) in [5, 5.41) is 0. The zero-order valence-electron chi connectivity index (χ0n) is 44.9. The maximum absolute atomic E-state index is 2.75. The minimum absolute atomic E-state index is 0.0418. The molecule has 0 N–H and O–H groups in total. The molecule has 0 saturated heterocycles. The van der Waals surface area contributed by atoms with Gasteiger partial charge in [0.1, 0.15) is 0 Å². The molecule has 5 aliphatic rings. The molecule has 0 saturated carbocycles. The Labute approximate surface area is 410 Å². The molecule has 1 atom stereocenters. The van der Waals surface area contributed by atoms with Crippen LogP contribution in [-0.2, 0) is 43.3 Å². The van der Waals surface area contributed by atoms with Crippen LogP contribution in [0.5, 0.6) is 0 Å². The van der Waals surface area contributed by atoms with Crippen molar-refractivity contribution in [3.05, 3.63) is 175 Å². The van der Waals surface area contributed by atoms with Crippen LogP contribution >= 0.6 is 0 Å². The van der Waals surface area contributed by atoms with Crippen LogP contribution in [-0.4, -0.2) is 0 Å². The Morgan fingerprint density at radius 3 is 1.44 bits per heavy atom. The lowest BCUT2D eigenvalue weighted by atomic mass is 9.71. The van der Waals surface area contributed by atoms with E-state index in [2.05, 4.69) is 238 Å². The van der Waals surface area contributed by atoms with Gasteiger partial charge < -0.3 is 9.80 Å². The molecule has 2 aliphatic heterocycles. The van der Waals surface area contributed by atoms with Crippen molar-refractivity contribution in [2.24, 2.45) is 0 Å². The topological polar surface area (TPSA) is 6.48 Å². The second-order valence-corrected chi connectivity index (χ2v) is 27.8. The third-order valence-corrected chi connectivity index (χ3v) is 18.2. The van der Waals surface area contributed by atoms with Crippen LogP contribution < -0.4 is 9.80 Å². The Morgan fingerprint density at radius 2 is 0.868 bits per heavy atom. The van der Waals surface area contributed by atoms with Gasteiger partial charge in [-0.05, 0) is 173 Å². The molecule has 0 aromatic heterocycles. The molecular formula is C66H78N2. The van der Waals surface area contributed by atoms with E-state index < -0.39 is 0 Å². The van der Waals surface area contributed by atoms with Crippen LogP contribution in [0.4, 0.5) is 34.1 Å². The van der Waals surface area contributed by atoms with E-state index in [4.69, 9.17) is 0 Å². The zero-order chi connectivity index (χ0) is 48.8. The molecule has 2 heteroatoms. The maximum atomic E-state index is 2.75. The minimum atomic E-state index is -0.213. The molecule has 6 aromatic carbocycles. The number of aryl methyl sites for hydroxylation is 1. The first kappa shape index (κ1) is 45.4. The maximum Gasteiger partial charge on any atom is 0.0527 e. The molecule has 2 heterocycles. The highest BCUT2D eigenvalue weighted by Gasteiger charge is 2.50. The minimum Gasteiger partial charge on any atom is -0.310 e. The zero-order valence-corrected chi connectivity index (χ0v) is 44.9. The van der Waals surface area contributed by atoms with Crippen LogP contribution in [0.1, 0.15) is 215 Å². The van der Waals surface area contributed by atoms with Gasteiger partial charge in [-0.15, -0.1) is 0 Å². The average molecular weight is 899 g/mol. The van der Waals surface area contributed by atoms with E-state index in [0.717, 1.165) is 19.3 Å². The second kappa shape index (κ2) is 13.8. The first-order chi connectivity index (χ1) is 31.4. The molecule has 11 rings (SSSR count). The SMILES string of the molecule is Cc1cc2c(cc1N1c3cc4c(cc3C3c5ccc(C(C)(C)c6ccccc6)cc5N(c5ccc6c(c5)C(C)(C)CC6(C)C)c5cc(C(C)(C)C)cc1c53)C(C)(C)CC4(C)C)C(C)(C)CC2(C)C. The van der Waals surface area contributed by atoms with Crippen LogP contribution in [0.25, 0.3) is 0 Å². The summed E-state index contributed by atoms with van der Waals surface area (Å²) in [6.45, 7) is 44.0. The fourth-order valence-electron chi connectivity index (χ4n) is 15.3. The number of benzene rings is 6. The molecule has 0 spiro atoms. The smallest absolute Gasteiger partial charge is 0.0527 e. The summed E-state index contributed by atoms with van der Waals surface area (Å²) in [6, 6.07) is 42.0. The number of fused-ring (bicyclic) bond motifs is 7. The van der Waals surface area contributed by atoms with Gasteiger partial charge in [0.15, 0.2) is 0 Å². The molecule has 0 amide bonds. The molecule has 0 bridgehead atoms. The van der Waals surface area contributed by atoms with Gasteiger partial charge in [0.25, 0.3) is 0 Å². The van der Waals surface area contributed by atoms with Gasteiger partial charge in [-0.25, -0.2) is 0 Å². The Morgan fingerprint density at radius 1 is 0.397 bits per heavy atom. The van der Waals surface area contributed by atoms with Gasteiger partial charge >= 0.3 is 0 Å². The van der Waals surface area contributed by atoms with Crippen molar-refractivity contribution in [1.29, 1.82) is 0 Å². The van der Waals surface area contributed by atoms with Crippen molar-refractivity contribution in [1.82, 2.24) is 0 Å². The summed E-state index contributed by atoms with van der Waals surface area (Å²) >= 11 is 0. The highest BCUT2D eigenvalue weighted by Crippen LogP contribution is 2.65. The second-order valence-electron chi connectivity index (χ2n) is 27.8. The molecule has 0 fully saturated rings. The Bertz CT molecular complexity index is 3120. The van der Waals surface area contributed by atoms with Gasteiger partial charge in [-0.1, -0.05) is 178 Å². The predicted molar refractivity (Wildman–Crippen MR) is 291 cm³/mol. The van der Waals surface area contributed by atoms with E-state index in [-0.39, 0.29) is 49.2 Å². The summed E-state index contributed by atoms with van der Waals surface area (Å²) in [5.74, 6) is 0.0418. The standard InChI is InChI=1S/C66H78N2/c1-39-28-47-50(64(13,14)37-61(47,7)8)34-52(39)68-54-35-51-49(63(11,12)38-65(51,15)16)33-45(54)57-44-26-24-41(66(17,18)40-22-20-19-21-23-40)29-53(44)67(55-30-42(59(2,3)4)31-56(68)58(55)57)43-25-27-46-48(32-43)62(9,10)36-60(46,5)6/h19-35,57H,36-38H2,1-18H3. The number of rotatable bonds is 4. The molecule has 68 heavy (non-hydrogen) atoms. The lowest BCUT2D eigenvalue weighted by Gasteiger charge is -2.47. The van der Waals surface area contributed by atoms with Crippen LogP contribution in [0.2, 0.25) is 0 Å². The highest BCUT2D eigenvalue weighted by atomic mass is 15.2. The molecule has 1 unspecified atom stereocenters. The fourth-order valence-corrected chi connectivity index (χ4v) is 15.3. The number of hydrogen-bond acceptors (Lipinski definition) is 2. The Kier molecular flexibility index (Phi) is 9.22. The molecule has 2 nitrogen and oxygen atoms in total. The van der Waals surface area contributed by atoms with E-state index in [9.17, 15) is 0 Å². The largest absolute Gasteiger partial charge is 0.310 e. The van der Waals surface area contributed by atoms with E-state index in [0.29, 0.717) is 0 Å². The summed E-state index contributed by atoms with van der Waals surface area (Å²) < 4.78 is 0. The van der Waals surface area contributed by atoms with Crippen molar-refractivity contribution in [2.75, 3.05) is 9.80 Å². The average Bonchev–Trinajstić information content (AvgIpc) is 3.64. The first-order valence-corrected chi connectivity index (χ1v) is 25.9. The van der Waals surface area contributed by atoms with E-state index in [1.54, 1.807) is 0 Å². The molecular weight excluding hydrogens is 821 g/mol. The van der Waals surface area contributed by atoms with Gasteiger partial charge in [-0.3, -0.25) is 0 Å². The monoisotopic (exact) mass is 899 g/mol. The first-order valence-electron chi connectivity index (χ1n) is 25.9. The highest BCUT2D eigenvalue weighted by molar-refractivity contribution is 5.98. The number of anilines is 6.